The monoisotopic (exact) mass is 220 g/mol. The van der Waals surface area contributed by atoms with Crippen LogP contribution in [0.15, 0.2) is 22.9 Å². The van der Waals surface area contributed by atoms with Gasteiger partial charge in [0, 0.05) is 12.2 Å². The second-order valence-corrected chi connectivity index (χ2v) is 3.85. The Hall–Kier alpha value is -1.66. The zero-order chi connectivity index (χ0) is 11.0. The van der Waals surface area contributed by atoms with Crippen molar-refractivity contribution in [2.75, 3.05) is 13.2 Å². The molecule has 1 saturated heterocycles. The van der Waals surface area contributed by atoms with Gasteiger partial charge in [-0.25, -0.2) is 0 Å². The van der Waals surface area contributed by atoms with Crippen LogP contribution in [0.2, 0.25) is 0 Å². The Balaban J connectivity index is 1.88. The summed E-state index contributed by atoms with van der Waals surface area (Å²) in [6.45, 7) is 1.10. The van der Waals surface area contributed by atoms with Crippen LogP contribution in [0.25, 0.3) is 11.5 Å². The molecule has 0 radical (unpaired) electrons. The molecule has 1 aliphatic rings. The molecule has 0 bridgehead atoms. The molecule has 1 aliphatic heterocycles. The van der Waals surface area contributed by atoms with Crippen molar-refractivity contribution in [2.24, 2.45) is 5.73 Å². The lowest BCUT2D eigenvalue weighted by molar-refractivity contribution is 0.187. The average molecular weight is 220 g/mol. The van der Waals surface area contributed by atoms with Gasteiger partial charge in [-0.3, -0.25) is 0 Å². The molecule has 0 saturated carbocycles. The number of aromatic nitrogens is 3. The molecule has 2 unspecified atom stereocenters. The van der Waals surface area contributed by atoms with Gasteiger partial charge in [-0.05, 0) is 12.1 Å². The second kappa shape index (κ2) is 3.73. The van der Waals surface area contributed by atoms with Crippen LogP contribution in [-0.2, 0) is 4.74 Å². The molecule has 0 aliphatic carbocycles. The number of nitrogens with zero attached hydrogens (tertiary/aromatic N) is 2. The molecular weight excluding hydrogens is 208 g/mol. The number of nitrogens with two attached hydrogens (primary N) is 1. The van der Waals surface area contributed by atoms with E-state index in [9.17, 15) is 0 Å². The number of ether oxygens (including phenoxy) is 1. The van der Waals surface area contributed by atoms with Gasteiger partial charge in [0.1, 0.15) is 0 Å². The standard InChI is InChI=1S/C10H12N4O2/c11-7-5-15-4-6(7)10-13-9(14-16-10)8-2-1-3-12-8/h1-3,6-7,12H,4-5,11H2. The van der Waals surface area contributed by atoms with Crippen molar-refractivity contribution in [3.8, 4) is 11.5 Å². The highest BCUT2D eigenvalue weighted by Crippen LogP contribution is 2.24. The summed E-state index contributed by atoms with van der Waals surface area (Å²) in [7, 11) is 0. The zero-order valence-electron chi connectivity index (χ0n) is 8.59. The summed E-state index contributed by atoms with van der Waals surface area (Å²) in [5.41, 5.74) is 6.71. The molecule has 0 amide bonds. The molecule has 1 fully saturated rings. The summed E-state index contributed by atoms with van der Waals surface area (Å²) in [5, 5.41) is 3.91. The first-order valence-electron chi connectivity index (χ1n) is 5.15. The smallest absolute Gasteiger partial charge is 0.234 e. The average Bonchev–Trinajstić information content (AvgIpc) is 2.96. The zero-order valence-corrected chi connectivity index (χ0v) is 8.59. The minimum atomic E-state index is -0.0584. The molecule has 84 valence electrons. The van der Waals surface area contributed by atoms with Crippen molar-refractivity contribution in [2.45, 2.75) is 12.0 Å². The molecular formula is C10H12N4O2. The van der Waals surface area contributed by atoms with E-state index in [0.717, 1.165) is 5.69 Å². The van der Waals surface area contributed by atoms with Gasteiger partial charge in [-0.15, -0.1) is 0 Å². The van der Waals surface area contributed by atoms with Gasteiger partial charge in [0.2, 0.25) is 11.7 Å². The minimum Gasteiger partial charge on any atom is -0.379 e. The first-order valence-corrected chi connectivity index (χ1v) is 5.15. The molecule has 3 N–H and O–H groups in total. The molecule has 0 spiro atoms. The third-order valence-electron chi connectivity index (χ3n) is 2.72. The van der Waals surface area contributed by atoms with E-state index in [1.807, 2.05) is 18.3 Å². The van der Waals surface area contributed by atoms with Crippen molar-refractivity contribution in [1.29, 1.82) is 0 Å². The maximum Gasteiger partial charge on any atom is 0.234 e. The van der Waals surface area contributed by atoms with Crippen LogP contribution >= 0.6 is 0 Å². The first-order chi connectivity index (χ1) is 7.84. The quantitative estimate of drug-likeness (QED) is 0.769. The number of aromatic amines is 1. The summed E-state index contributed by atoms with van der Waals surface area (Å²) in [6.07, 6.45) is 1.82. The van der Waals surface area contributed by atoms with Crippen molar-refractivity contribution >= 4 is 0 Å². The Morgan fingerprint density at radius 2 is 2.38 bits per heavy atom. The van der Waals surface area contributed by atoms with Crippen LogP contribution in [-0.4, -0.2) is 34.4 Å². The van der Waals surface area contributed by atoms with Gasteiger partial charge in [0.15, 0.2) is 0 Å². The summed E-state index contributed by atoms with van der Waals surface area (Å²) in [6, 6.07) is 3.71. The molecule has 3 rings (SSSR count). The Morgan fingerprint density at radius 3 is 3.06 bits per heavy atom. The largest absolute Gasteiger partial charge is 0.379 e. The first kappa shape index (κ1) is 9.56. The highest BCUT2D eigenvalue weighted by molar-refractivity contribution is 5.47. The minimum absolute atomic E-state index is 0.0104. The predicted molar refractivity (Wildman–Crippen MR) is 55.6 cm³/mol. The van der Waals surface area contributed by atoms with E-state index in [1.165, 1.54) is 0 Å². The number of nitrogens with one attached hydrogen (secondary N) is 1. The normalized spacial score (nSPS) is 25.1. The predicted octanol–water partition coefficient (Wildman–Crippen LogP) is 0.506. The van der Waals surface area contributed by atoms with Gasteiger partial charge in [0.05, 0.1) is 24.8 Å². The van der Waals surface area contributed by atoms with E-state index in [4.69, 9.17) is 15.0 Å². The lowest BCUT2D eigenvalue weighted by Crippen LogP contribution is -2.26. The SMILES string of the molecule is NC1COCC1c1nc(-c2ccc[nH]2)no1. The molecule has 0 aromatic carbocycles. The van der Waals surface area contributed by atoms with Crippen LogP contribution in [0.3, 0.4) is 0 Å². The summed E-state index contributed by atoms with van der Waals surface area (Å²) >= 11 is 0. The van der Waals surface area contributed by atoms with E-state index < -0.39 is 0 Å². The van der Waals surface area contributed by atoms with Crippen LogP contribution in [0.5, 0.6) is 0 Å². The Labute approximate surface area is 91.8 Å². The van der Waals surface area contributed by atoms with Crippen molar-refractivity contribution in [3.63, 3.8) is 0 Å². The van der Waals surface area contributed by atoms with Crippen LogP contribution < -0.4 is 5.73 Å². The van der Waals surface area contributed by atoms with E-state index >= 15 is 0 Å². The fourth-order valence-electron chi connectivity index (χ4n) is 1.79. The van der Waals surface area contributed by atoms with Crippen LogP contribution in [0.1, 0.15) is 11.8 Å². The summed E-state index contributed by atoms with van der Waals surface area (Å²) in [4.78, 5) is 7.34. The third kappa shape index (κ3) is 1.52. The van der Waals surface area contributed by atoms with Crippen LogP contribution in [0.4, 0.5) is 0 Å². The maximum absolute atomic E-state index is 5.88. The highest BCUT2D eigenvalue weighted by Gasteiger charge is 2.31. The van der Waals surface area contributed by atoms with Crippen molar-refractivity contribution in [3.05, 3.63) is 24.2 Å². The molecule has 16 heavy (non-hydrogen) atoms. The summed E-state index contributed by atoms with van der Waals surface area (Å²) < 4.78 is 10.5. The molecule has 6 heteroatoms. The topological polar surface area (TPSA) is 90.0 Å². The van der Waals surface area contributed by atoms with Gasteiger partial charge in [-0.1, -0.05) is 5.16 Å². The fraction of sp³-hybridized carbons (Fsp3) is 0.400. The van der Waals surface area contributed by atoms with Gasteiger partial charge >= 0.3 is 0 Å². The van der Waals surface area contributed by atoms with E-state index in [2.05, 4.69) is 15.1 Å². The highest BCUT2D eigenvalue weighted by atomic mass is 16.5. The van der Waals surface area contributed by atoms with E-state index in [-0.39, 0.29) is 12.0 Å². The van der Waals surface area contributed by atoms with Crippen molar-refractivity contribution < 1.29 is 9.26 Å². The van der Waals surface area contributed by atoms with Gasteiger partial charge in [0.25, 0.3) is 0 Å². The Kier molecular flexibility index (Phi) is 2.23. The van der Waals surface area contributed by atoms with E-state index in [0.29, 0.717) is 24.9 Å². The van der Waals surface area contributed by atoms with Crippen LogP contribution in [0, 0.1) is 0 Å². The Bertz CT molecular complexity index is 465. The molecule has 2 atom stereocenters. The number of rotatable bonds is 2. The molecule has 6 nitrogen and oxygen atoms in total. The molecule has 2 aromatic rings. The van der Waals surface area contributed by atoms with Gasteiger partial charge in [-0.2, -0.15) is 4.98 Å². The Morgan fingerprint density at radius 1 is 1.44 bits per heavy atom. The number of H-pyrrole nitrogens is 1. The van der Waals surface area contributed by atoms with E-state index in [1.54, 1.807) is 0 Å². The molecule has 2 aromatic heterocycles. The summed E-state index contributed by atoms with van der Waals surface area (Å²) in [5.74, 6) is 1.12. The van der Waals surface area contributed by atoms with Crippen molar-refractivity contribution in [1.82, 2.24) is 15.1 Å². The van der Waals surface area contributed by atoms with Gasteiger partial charge < -0.3 is 20.0 Å². The lowest BCUT2D eigenvalue weighted by atomic mass is 10.1. The fourth-order valence-corrected chi connectivity index (χ4v) is 1.79. The molecule has 3 heterocycles. The number of hydrogen-bond donors (Lipinski definition) is 2. The maximum atomic E-state index is 5.88. The second-order valence-electron chi connectivity index (χ2n) is 3.85. The lowest BCUT2D eigenvalue weighted by Gasteiger charge is -2.05. The third-order valence-corrected chi connectivity index (χ3v) is 2.72. The number of hydrogen-bond acceptors (Lipinski definition) is 5.